The Morgan fingerprint density at radius 1 is 1.16 bits per heavy atom. The molecule has 2 rings (SSSR count). The van der Waals surface area contributed by atoms with E-state index in [0.717, 1.165) is 25.0 Å². The highest BCUT2D eigenvalue weighted by atomic mass is 15.1. The van der Waals surface area contributed by atoms with E-state index >= 15 is 0 Å². The Morgan fingerprint density at radius 3 is 2.53 bits per heavy atom. The lowest BCUT2D eigenvalue weighted by Crippen LogP contribution is -2.34. The van der Waals surface area contributed by atoms with Crippen LogP contribution in [0, 0.1) is 5.92 Å². The van der Waals surface area contributed by atoms with Crippen molar-refractivity contribution in [2.24, 2.45) is 5.92 Å². The molecular weight excluding hydrogens is 232 g/mol. The first kappa shape index (κ1) is 14.5. The van der Waals surface area contributed by atoms with Crippen LogP contribution in [0.2, 0.25) is 0 Å². The quantitative estimate of drug-likeness (QED) is 0.872. The monoisotopic (exact) mass is 260 g/mol. The number of hydrogen-bond acceptors (Lipinski definition) is 2. The van der Waals surface area contributed by atoms with Crippen molar-refractivity contribution in [1.82, 2.24) is 10.2 Å². The topological polar surface area (TPSA) is 15.3 Å². The molecule has 0 saturated heterocycles. The van der Waals surface area contributed by atoms with Crippen LogP contribution in [-0.4, -0.2) is 25.0 Å². The second-order valence-electron chi connectivity index (χ2n) is 6.18. The fourth-order valence-electron chi connectivity index (χ4n) is 3.14. The molecule has 19 heavy (non-hydrogen) atoms. The van der Waals surface area contributed by atoms with Crippen molar-refractivity contribution in [2.45, 2.75) is 51.7 Å². The third kappa shape index (κ3) is 4.32. The molecule has 1 aliphatic carbocycles. The maximum Gasteiger partial charge on any atom is 0.0233 e. The van der Waals surface area contributed by atoms with E-state index in [2.05, 4.69) is 48.5 Å². The van der Waals surface area contributed by atoms with E-state index in [0.29, 0.717) is 0 Å². The molecule has 0 unspecified atom stereocenters. The molecule has 1 saturated carbocycles. The van der Waals surface area contributed by atoms with Crippen LogP contribution in [0.4, 0.5) is 0 Å². The molecule has 106 valence electrons. The number of nitrogens with one attached hydrogen (secondary N) is 1. The molecular formula is C17H28N2. The summed E-state index contributed by atoms with van der Waals surface area (Å²) in [7, 11) is 4.29. The summed E-state index contributed by atoms with van der Waals surface area (Å²) in [5, 5.41) is 3.22. The smallest absolute Gasteiger partial charge is 0.0233 e. The lowest BCUT2D eigenvalue weighted by molar-refractivity contribution is 0.164. The van der Waals surface area contributed by atoms with Crippen LogP contribution in [0.3, 0.4) is 0 Å². The van der Waals surface area contributed by atoms with Crippen LogP contribution in [0.1, 0.15) is 43.7 Å². The van der Waals surface area contributed by atoms with Gasteiger partial charge in [-0.2, -0.15) is 0 Å². The van der Waals surface area contributed by atoms with Crippen molar-refractivity contribution in [2.75, 3.05) is 14.1 Å². The number of benzene rings is 1. The molecule has 0 aromatic heterocycles. The molecule has 0 atom stereocenters. The highest BCUT2D eigenvalue weighted by Gasteiger charge is 2.21. The molecule has 1 aromatic rings. The summed E-state index contributed by atoms with van der Waals surface area (Å²) in [6, 6.07) is 9.74. The highest BCUT2D eigenvalue weighted by molar-refractivity contribution is 5.23. The van der Waals surface area contributed by atoms with Crippen LogP contribution in [0.25, 0.3) is 0 Å². The van der Waals surface area contributed by atoms with Gasteiger partial charge in [0.1, 0.15) is 0 Å². The standard InChI is InChI=1S/C17H28N2/c1-14-7-9-17(10-8-14)19(3)13-16-6-4-5-15(11-16)12-18-2/h4-6,11,14,17-18H,7-10,12-13H2,1-3H3. The molecule has 0 bridgehead atoms. The predicted molar refractivity (Wildman–Crippen MR) is 82.1 cm³/mol. The minimum atomic E-state index is 0.782. The summed E-state index contributed by atoms with van der Waals surface area (Å²) in [6.07, 6.45) is 5.53. The van der Waals surface area contributed by atoms with Gasteiger partial charge in [-0.1, -0.05) is 31.2 Å². The third-order valence-corrected chi connectivity index (χ3v) is 4.41. The Labute approximate surface area is 118 Å². The Hall–Kier alpha value is -0.860. The maximum absolute atomic E-state index is 3.22. The summed E-state index contributed by atoms with van der Waals surface area (Å²) < 4.78 is 0. The number of rotatable bonds is 5. The zero-order valence-electron chi connectivity index (χ0n) is 12.7. The van der Waals surface area contributed by atoms with Crippen LogP contribution < -0.4 is 5.32 Å². The minimum Gasteiger partial charge on any atom is -0.316 e. The minimum absolute atomic E-state index is 0.782. The summed E-state index contributed by atoms with van der Waals surface area (Å²) in [6.45, 7) is 4.42. The third-order valence-electron chi connectivity index (χ3n) is 4.41. The average Bonchev–Trinajstić information content (AvgIpc) is 2.40. The van der Waals surface area contributed by atoms with E-state index in [9.17, 15) is 0 Å². The van der Waals surface area contributed by atoms with E-state index in [1.165, 1.54) is 36.8 Å². The molecule has 1 fully saturated rings. The van der Waals surface area contributed by atoms with Gasteiger partial charge < -0.3 is 5.32 Å². The normalized spacial score (nSPS) is 23.8. The van der Waals surface area contributed by atoms with Crippen LogP contribution in [0.5, 0.6) is 0 Å². The Balaban J connectivity index is 1.90. The van der Waals surface area contributed by atoms with Gasteiger partial charge in [-0.15, -0.1) is 0 Å². The summed E-state index contributed by atoms with van der Waals surface area (Å²) >= 11 is 0. The van der Waals surface area contributed by atoms with Gasteiger partial charge in [-0.05, 0) is 56.8 Å². The van der Waals surface area contributed by atoms with Gasteiger partial charge in [0.15, 0.2) is 0 Å². The van der Waals surface area contributed by atoms with Crippen molar-refractivity contribution in [1.29, 1.82) is 0 Å². The van der Waals surface area contributed by atoms with Gasteiger partial charge in [0, 0.05) is 19.1 Å². The predicted octanol–water partition coefficient (Wildman–Crippen LogP) is 3.42. The van der Waals surface area contributed by atoms with E-state index in [-0.39, 0.29) is 0 Å². The zero-order chi connectivity index (χ0) is 13.7. The molecule has 0 heterocycles. The Morgan fingerprint density at radius 2 is 1.84 bits per heavy atom. The first-order chi connectivity index (χ1) is 9.19. The Kier molecular flexibility index (Phi) is 5.41. The second-order valence-corrected chi connectivity index (χ2v) is 6.18. The molecule has 2 heteroatoms. The highest BCUT2D eigenvalue weighted by Crippen LogP contribution is 2.27. The van der Waals surface area contributed by atoms with Gasteiger partial charge in [0.2, 0.25) is 0 Å². The maximum atomic E-state index is 3.22. The summed E-state index contributed by atoms with van der Waals surface area (Å²) in [4.78, 5) is 2.55. The zero-order valence-corrected chi connectivity index (χ0v) is 12.7. The van der Waals surface area contributed by atoms with Crippen molar-refractivity contribution >= 4 is 0 Å². The SMILES string of the molecule is CNCc1cccc(CN(C)C2CCC(C)CC2)c1. The number of hydrogen-bond donors (Lipinski definition) is 1. The van der Waals surface area contributed by atoms with E-state index < -0.39 is 0 Å². The van der Waals surface area contributed by atoms with E-state index in [4.69, 9.17) is 0 Å². The second kappa shape index (κ2) is 7.06. The number of nitrogens with zero attached hydrogens (tertiary/aromatic N) is 1. The van der Waals surface area contributed by atoms with Gasteiger partial charge >= 0.3 is 0 Å². The molecule has 1 aromatic carbocycles. The van der Waals surface area contributed by atoms with E-state index in [1.807, 2.05) is 7.05 Å². The molecule has 0 aliphatic heterocycles. The van der Waals surface area contributed by atoms with Crippen molar-refractivity contribution in [3.05, 3.63) is 35.4 Å². The fourth-order valence-corrected chi connectivity index (χ4v) is 3.14. The lowest BCUT2D eigenvalue weighted by Gasteiger charge is -2.33. The van der Waals surface area contributed by atoms with Gasteiger partial charge in [-0.3, -0.25) is 4.90 Å². The van der Waals surface area contributed by atoms with Gasteiger partial charge in [-0.25, -0.2) is 0 Å². The van der Waals surface area contributed by atoms with Crippen molar-refractivity contribution in [3.63, 3.8) is 0 Å². The fraction of sp³-hybridized carbons (Fsp3) is 0.647. The van der Waals surface area contributed by atoms with Crippen molar-refractivity contribution in [3.8, 4) is 0 Å². The first-order valence-electron chi connectivity index (χ1n) is 7.61. The largest absolute Gasteiger partial charge is 0.316 e. The van der Waals surface area contributed by atoms with E-state index in [1.54, 1.807) is 0 Å². The lowest BCUT2D eigenvalue weighted by atomic mass is 9.86. The first-order valence-corrected chi connectivity index (χ1v) is 7.61. The summed E-state index contributed by atoms with van der Waals surface area (Å²) in [5.74, 6) is 0.934. The van der Waals surface area contributed by atoms with Crippen LogP contribution >= 0.6 is 0 Å². The molecule has 1 aliphatic rings. The van der Waals surface area contributed by atoms with Crippen LogP contribution in [-0.2, 0) is 13.1 Å². The molecule has 2 nitrogen and oxygen atoms in total. The average molecular weight is 260 g/mol. The van der Waals surface area contributed by atoms with Crippen LogP contribution in [0.15, 0.2) is 24.3 Å². The van der Waals surface area contributed by atoms with Gasteiger partial charge in [0.05, 0.1) is 0 Å². The molecule has 0 amide bonds. The molecule has 1 N–H and O–H groups in total. The summed E-state index contributed by atoms with van der Waals surface area (Å²) in [5.41, 5.74) is 2.82. The van der Waals surface area contributed by atoms with Crippen molar-refractivity contribution < 1.29 is 0 Å². The Bertz CT molecular complexity index is 381. The van der Waals surface area contributed by atoms with Gasteiger partial charge in [0.25, 0.3) is 0 Å². The molecule has 0 spiro atoms. The molecule has 0 radical (unpaired) electrons.